The van der Waals surface area contributed by atoms with E-state index in [-0.39, 0.29) is 35.4 Å². The number of amides is 1. The summed E-state index contributed by atoms with van der Waals surface area (Å²) in [7, 11) is 3.01. The molecule has 0 aliphatic carbocycles. The zero-order valence-electron chi connectivity index (χ0n) is 24.0. The summed E-state index contributed by atoms with van der Waals surface area (Å²) in [4.78, 5) is 44.9. The molecule has 1 aliphatic heterocycles. The standard InChI is InChI=1S/C27H32Cl2N8O5/c1-27(2,3)42-25(39)30-13-15-8-10-36(11-9-15)24-31-21-20(23(38)35(5)26(40)34(21)4)37(24)14-19-32-33-22(41-19)16-6-7-17(28)18(29)12-16/h6-7,12,15H,8-11,13-14H2,1-5H3,(H,30,39). The number of hydrogen-bond acceptors (Lipinski definition) is 9. The maximum absolute atomic E-state index is 13.3. The molecule has 0 radical (unpaired) electrons. The van der Waals surface area contributed by atoms with E-state index < -0.39 is 22.9 Å². The average Bonchev–Trinajstić information content (AvgIpc) is 3.56. The van der Waals surface area contributed by atoms with Crippen molar-refractivity contribution in [1.29, 1.82) is 0 Å². The van der Waals surface area contributed by atoms with Crippen LogP contribution < -0.4 is 21.5 Å². The van der Waals surface area contributed by atoms with E-state index in [0.717, 1.165) is 17.4 Å². The molecule has 3 aromatic heterocycles. The molecule has 1 saturated heterocycles. The van der Waals surface area contributed by atoms with Crippen LogP contribution in [-0.2, 0) is 25.4 Å². The van der Waals surface area contributed by atoms with Crippen LogP contribution in [0.2, 0.25) is 10.0 Å². The van der Waals surface area contributed by atoms with Gasteiger partial charge in [-0.05, 0) is 57.7 Å². The van der Waals surface area contributed by atoms with Gasteiger partial charge < -0.3 is 19.4 Å². The fourth-order valence-corrected chi connectivity index (χ4v) is 5.20. The number of fused-ring (bicyclic) bond motifs is 1. The van der Waals surface area contributed by atoms with Crippen molar-refractivity contribution in [1.82, 2.24) is 34.2 Å². The van der Waals surface area contributed by atoms with Gasteiger partial charge in [0.2, 0.25) is 17.7 Å². The number of nitrogens with zero attached hydrogens (tertiary/aromatic N) is 7. The molecule has 224 valence electrons. The third kappa shape index (κ3) is 6.02. The highest BCUT2D eigenvalue weighted by molar-refractivity contribution is 6.42. The maximum Gasteiger partial charge on any atom is 0.407 e. The molecule has 0 bridgehead atoms. The summed E-state index contributed by atoms with van der Waals surface area (Å²) in [6.45, 7) is 7.25. The topological polar surface area (TPSA) is 142 Å². The number of hydrogen-bond donors (Lipinski definition) is 1. The van der Waals surface area contributed by atoms with Crippen LogP contribution in [-0.4, -0.2) is 60.2 Å². The second-order valence-corrected chi connectivity index (χ2v) is 12.1. The normalized spacial score (nSPS) is 14.5. The van der Waals surface area contributed by atoms with Crippen molar-refractivity contribution in [2.75, 3.05) is 24.5 Å². The highest BCUT2D eigenvalue weighted by Crippen LogP contribution is 2.29. The molecule has 1 fully saturated rings. The molecule has 42 heavy (non-hydrogen) atoms. The number of nitrogens with one attached hydrogen (secondary N) is 1. The monoisotopic (exact) mass is 618 g/mol. The second kappa shape index (κ2) is 11.4. The minimum atomic E-state index is -0.565. The van der Waals surface area contributed by atoms with Gasteiger partial charge in [-0.2, -0.15) is 4.98 Å². The predicted octanol–water partition coefficient (Wildman–Crippen LogP) is 3.58. The van der Waals surface area contributed by atoms with Crippen molar-refractivity contribution in [2.24, 2.45) is 20.0 Å². The fourth-order valence-electron chi connectivity index (χ4n) is 4.90. The van der Waals surface area contributed by atoms with Gasteiger partial charge in [-0.25, -0.2) is 9.59 Å². The van der Waals surface area contributed by atoms with E-state index in [1.54, 1.807) is 29.8 Å². The number of imidazole rings is 1. The van der Waals surface area contributed by atoms with Gasteiger partial charge in [0.1, 0.15) is 12.1 Å². The molecule has 1 aromatic carbocycles. The lowest BCUT2D eigenvalue weighted by molar-refractivity contribution is 0.0516. The summed E-state index contributed by atoms with van der Waals surface area (Å²) in [6, 6.07) is 4.99. The molecule has 0 unspecified atom stereocenters. The van der Waals surface area contributed by atoms with E-state index in [0.29, 0.717) is 41.2 Å². The molecule has 4 heterocycles. The van der Waals surface area contributed by atoms with Crippen LogP contribution in [0.1, 0.15) is 39.5 Å². The molecule has 1 N–H and O–H groups in total. The van der Waals surface area contributed by atoms with Crippen molar-refractivity contribution in [3.8, 4) is 11.5 Å². The number of aryl methyl sites for hydroxylation is 1. The number of benzene rings is 1. The summed E-state index contributed by atoms with van der Waals surface area (Å²) >= 11 is 12.2. The Balaban J connectivity index is 1.42. The Kier molecular flexibility index (Phi) is 8.08. The number of anilines is 1. The summed E-state index contributed by atoms with van der Waals surface area (Å²) < 4.78 is 15.4. The van der Waals surface area contributed by atoms with Crippen LogP contribution in [0.5, 0.6) is 0 Å². The van der Waals surface area contributed by atoms with Crippen LogP contribution in [0, 0.1) is 5.92 Å². The quantitative estimate of drug-likeness (QED) is 0.343. The van der Waals surface area contributed by atoms with Crippen LogP contribution in [0.4, 0.5) is 10.7 Å². The van der Waals surface area contributed by atoms with Gasteiger partial charge in [-0.3, -0.25) is 18.5 Å². The van der Waals surface area contributed by atoms with Gasteiger partial charge in [0.15, 0.2) is 11.2 Å². The largest absolute Gasteiger partial charge is 0.444 e. The summed E-state index contributed by atoms with van der Waals surface area (Å²) in [5.41, 5.74) is -0.416. The van der Waals surface area contributed by atoms with Crippen molar-refractivity contribution in [3.05, 3.63) is 55.0 Å². The zero-order chi connectivity index (χ0) is 30.3. The third-order valence-electron chi connectivity index (χ3n) is 7.09. The zero-order valence-corrected chi connectivity index (χ0v) is 25.5. The van der Waals surface area contributed by atoms with Gasteiger partial charge in [0, 0.05) is 39.3 Å². The molecule has 15 heteroatoms. The number of rotatable bonds is 6. The van der Waals surface area contributed by atoms with Gasteiger partial charge >= 0.3 is 11.8 Å². The van der Waals surface area contributed by atoms with Crippen LogP contribution in [0.15, 0.2) is 32.2 Å². The Morgan fingerprint density at radius 1 is 1.10 bits per heavy atom. The fraction of sp³-hybridized carbons (Fsp3) is 0.481. The third-order valence-corrected chi connectivity index (χ3v) is 7.82. The number of carbonyl (C=O) groups excluding carboxylic acids is 1. The number of aromatic nitrogens is 6. The highest BCUT2D eigenvalue weighted by Gasteiger charge is 2.28. The van der Waals surface area contributed by atoms with E-state index in [9.17, 15) is 14.4 Å². The maximum atomic E-state index is 13.3. The van der Waals surface area contributed by atoms with Crippen molar-refractivity contribution >= 4 is 46.4 Å². The Bertz CT molecular complexity index is 1760. The van der Waals surface area contributed by atoms with Gasteiger partial charge in [0.25, 0.3) is 5.56 Å². The summed E-state index contributed by atoms with van der Waals surface area (Å²) in [6.07, 6.45) is 1.11. The first-order chi connectivity index (χ1) is 19.8. The minimum absolute atomic E-state index is 0.0493. The molecule has 13 nitrogen and oxygen atoms in total. The molecule has 5 rings (SSSR count). The lowest BCUT2D eigenvalue weighted by atomic mass is 9.97. The molecule has 1 amide bonds. The number of ether oxygens (including phenoxy) is 1. The van der Waals surface area contributed by atoms with E-state index in [1.807, 2.05) is 20.8 Å². The molecule has 0 saturated carbocycles. The average molecular weight is 620 g/mol. The van der Waals surface area contributed by atoms with E-state index in [2.05, 4.69) is 20.4 Å². The van der Waals surface area contributed by atoms with Gasteiger partial charge in [0.05, 0.1) is 10.0 Å². The smallest absolute Gasteiger partial charge is 0.407 e. The Hall–Kier alpha value is -3.84. The Morgan fingerprint density at radius 3 is 2.48 bits per heavy atom. The number of carbonyl (C=O) groups is 1. The van der Waals surface area contributed by atoms with Crippen molar-refractivity contribution < 1.29 is 13.9 Å². The van der Waals surface area contributed by atoms with E-state index in [4.69, 9.17) is 37.3 Å². The van der Waals surface area contributed by atoms with Crippen LogP contribution in [0.3, 0.4) is 0 Å². The Labute approximate surface area is 251 Å². The van der Waals surface area contributed by atoms with E-state index in [1.165, 1.54) is 11.6 Å². The van der Waals surface area contributed by atoms with Crippen LogP contribution in [0.25, 0.3) is 22.6 Å². The molecule has 4 aromatic rings. The van der Waals surface area contributed by atoms with Gasteiger partial charge in [-0.15, -0.1) is 10.2 Å². The van der Waals surface area contributed by atoms with Crippen molar-refractivity contribution in [3.63, 3.8) is 0 Å². The Morgan fingerprint density at radius 2 is 1.81 bits per heavy atom. The summed E-state index contributed by atoms with van der Waals surface area (Å²) in [5.74, 6) is 1.24. The predicted molar refractivity (Wildman–Crippen MR) is 158 cm³/mol. The molecule has 1 aliphatic rings. The first kappa shape index (κ1) is 29.6. The van der Waals surface area contributed by atoms with E-state index >= 15 is 0 Å². The molecule has 0 atom stereocenters. The molecular weight excluding hydrogens is 587 g/mol. The first-order valence-corrected chi connectivity index (χ1v) is 14.2. The molecular formula is C27H32Cl2N8O5. The molecule has 0 spiro atoms. The lowest BCUT2D eigenvalue weighted by Gasteiger charge is -2.33. The number of halogens is 2. The SMILES string of the molecule is Cn1c(=O)c2c(nc(N3CCC(CNC(=O)OC(C)(C)C)CC3)n2Cc2nnc(-c3ccc(Cl)c(Cl)c3)o2)n(C)c1=O. The summed E-state index contributed by atoms with van der Waals surface area (Å²) in [5, 5.41) is 12.0. The first-order valence-electron chi connectivity index (χ1n) is 13.5. The van der Waals surface area contributed by atoms with Crippen LogP contribution >= 0.6 is 23.2 Å². The lowest BCUT2D eigenvalue weighted by Crippen LogP contribution is -2.41. The van der Waals surface area contributed by atoms with Gasteiger partial charge in [-0.1, -0.05) is 23.2 Å². The number of alkyl carbamates (subject to hydrolysis) is 1. The number of piperidine rings is 1. The highest BCUT2D eigenvalue weighted by atomic mass is 35.5. The van der Waals surface area contributed by atoms with Crippen molar-refractivity contribution in [2.45, 2.75) is 45.8 Å². The minimum Gasteiger partial charge on any atom is -0.444 e. The second-order valence-electron chi connectivity index (χ2n) is 11.3.